The Morgan fingerprint density at radius 3 is 2.43 bits per heavy atom. The van der Waals surface area contributed by atoms with Crippen LogP contribution in [-0.2, 0) is 11.3 Å². The van der Waals surface area contributed by atoms with Gasteiger partial charge in [0.1, 0.15) is 6.33 Å². The van der Waals surface area contributed by atoms with Crippen LogP contribution in [0.15, 0.2) is 42.7 Å². The molecule has 30 heavy (non-hydrogen) atoms. The fraction of sp³-hybridized carbons (Fsp3) is 0.318. The van der Waals surface area contributed by atoms with Crippen LogP contribution in [0.25, 0.3) is 10.8 Å². The highest BCUT2D eigenvalue weighted by Crippen LogP contribution is 2.35. The summed E-state index contributed by atoms with van der Waals surface area (Å²) in [6, 6.07) is 11.4. The average molecular weight is 403 g/mol. The predicted molar refractivity (Wildman–Crippen MR) is 109 cm³/mol. The molecule has 5 rings (SSSR count). The Hall–Kier alpha value is -3.55. The van der Waals surface area contributed by atoms with Gasteiger partial charge in [-0.1, -0.05) is 24.3 Å². The molecule has 0 radical (unpaired) electrons. The minimum atomic E-state index is -0.303. The van der Waals surface area contributed by atoms with E-state index in [1.165, 1.54) is 4.90 Å². The summed E-state index contributed by atoms with van der Waals surface area (Å²) in [5.41, 5.74) is 1.07. The molecule has 1 fully saturated rings. The summed E-state index contributed by atoms with van der Waals surface area (Å²) in [5, 5.41) is 12.4. The Labute approximate surface area is 172 Å². The summed E-state index contributed by atoms with van der Waals surface area (Å²) in [5.74, 6) is 0.00109. The predicted octanol–water partition coefficient (Wildman–Crippen LogP) is 2.46. The van der Waals surface area contributed by atoms with Crippen molar-refractivity contribution in [2.75, 3.05) is 6.54 Å². The zero-order valence-electron chi connectivity index (χ0n) is 16.4. The lowest BCUT2D eigenvalue weighted by Gasteiger charge is -2.27. The van der Waals surface area contributed by atoms with Crippen molar-refractivity contribution in [3.8, 4) is 0 Å². The van der Waals surface area contributed by atoms with Gasteiger partial charge in [0.05, 0.1) is 6.54 Å². The molecule has 0 bridgehead atoms. The maximum absolute atomic E-state index is 12.9. The van der Waals surface area contributed by atoms with Crippen LogP contribution >= 0.6 is 0 Å². The Morgan fingerprint density at radius 2 is 1.77 bits per heavy atom. The van der Waals surface area contributed by atoms with Crippen LogP contribution in [0.5, 0.6) is 0 Å². The summed E-state index contributed by atoms with van der Waals surface area (Å²) in [4.78, 5) is 39.2. The number of nitrogens with zero attached hydrogens (tertiary/aromatic N) is 4. The van der Waals surface area contributed by atoms with Gasteiger partial charge in [-0.2, -0.15) is 0 Å². The third kappa shape index (κ3) is 3.24. The molecule has 0 unspecified atom stereocenters. The highest BCUT2D eigenvalue weighted by molar-refractivity contribution is 6.25. The van der Waals surface area contributed by atoms with Crippen molar-refractivity contribution in [2.45, 2.75) is 38.3 Å². The van der Waals surface area contributed by atoms with Crippen molar-refractivity contribution < 1.29 is 14.4 Å². The molecule has 2 heterocycles. The lowest BCUT2D eigenvalue weighted by molar-refractivity contribution is -0.121. The molecular weight excluding hydrogens is 382 g/mol. The Bertz CT molecular complexity index is 1110. The molecule has 8 nitrogen and oxygen atoms in total. The third-order valence-electron chi connectivity index (χ3n) is 5.67. The summed E-state index contributed by atoms with van der Waals surface area (Å²) >= 11 is 0. The van der Waals surface area contributed by atoms with Crippen molar-refractivity contribution in [3.63, 3.8) is 0 Å². The summed E-state index contributed by atoms with van der Waals surface area (Å²) in [7, 11) is 0. The van der Waals surface area contributed by atoms with Crippen LogP contribution in [0.2, 0.25) is 0 Å². The monoisotopic (exact) mass is 403 g/mol. The van der Waals surface area contributed by atoms with Crippen LogP contribution in [0.4, 0.5) is 0 Å². The molecular formula is C22H21N5O3. The minimum Gasteiger partial charge on any atom is -0.349 e. The van der Waals surface area contributed by atoms with Crippen LogP contribution < -0.4 is 5.32 Å². The molecule has 3 aromatic rings. The van der Waals surface area contributed by atoms with Crippen molar-refractivity contribution >= 4 is 28.5 Å². The molecule has 1 saturated carbocycles. The zero-order valence-corrected chi connectivity index (χ0v) is 16.4. The largest absolute Gasteiger partial charge is 0.349 e. The van der Waals surface area contributed by atoms with E-state index in [4.69, 9.17) is 0 Å². The molecule has 1 aliphatic heterocycles. The number of rotatable bonds is 7. The second kappa shape index (κ2) is 7.37. The van der Waals surface area contributed by atoms with Gasteiger partial charge in [-0.05, 0) is 36.8 Å². The maximum atomic E-state index is 12.9. The fourth-order valence-electron chi connectivity index (χ4n) is 4.00. The van der Waals surface area contributed by atoms with E-state index in [9.17, 15) is 14.4 Å². The first kappa shape index (κ1) is 18.5. The first-order valence-electron chi connectivity index (χ1n) is 10.2. The summed E-state index contributed by atoms with van der Waals surface area (Å²) < 4.78 is 2.00. The van der Waals surface area contributed by atoms with Crippen molar-refractivity contribution in [3.05, 3.63) is 59.7 Å². The Kier molecular flexibility index (Phi) is 4.54. The molecule has 1 N–H and O–H groups in total. The normalized spacial score (nSPS) is 15.7. The summed E-state index contributed by atoms with van der Waals surface area (Å²) in [6.45, 7) is 0.528. The number of nitrogens with one attached hydrogen (secondary N) is 1. The number of amides is 3. The molecule has 3 amide bonds. The molecule has 0 atom stereocenters. The second-order valence-electron chi connectivity index (χ2n) is 7.74. The van der Waals surface area contributed by atoms with Crippen molar-refractivity contribution in [2.24, 2.45) is 0 Å². The lowest BCUT2D eigenvalue weighted by Crippen LogP contribution is -2.41. The second-order valence-corrected chi connectivity index (χ2v) is 7.74. The van der Waals surface area contributed by atoms with Gasteiger partial charge in [0.25, 0.3) is 11.8 Å². The number of imide groups is 1. The first-order chi connectivity index (χ1) is 14.6. The minimum absolute atomic E-state index is 0.139. The zero-order chi connectivity index (χ0) is 20.7. The number of aromatic nitrogens is 3. The van der Waals surface area contributed by atoms with Gasteiger partial charge in [0, 0.05) is 35.5 Å². The first-order valence-corrected chi connectivity index (χ1v) is 10.2. The molecule has 152 valence electrons. The van der Waals surface area contributed by atoms with Gasteiger partial charge in [-0.3, -0.25) is 19.3 Å². The molecule has 2 aliphatic rings. The SMILES string of the molecule is O=C(CCCN1C(=O)c2cccc3cccc(c23)C1=O)NCc1nncn1C1CC1. The molecule has 0 spiro atoms. The average Bonchev–Trinajstić information content (AvgIpc) is 3.50. The highest BCUT2D eigenvalue weighted by atomic mass is 16.2. The number of carbonyl (C=O) groups is 3. The lowest BCUT2D eigenvalue weighted by atomic mass is 9.94. The topological polar surface area (TPSA) is 97.2 Å². The van der Waals surface area contributed by atoms with Crippen molar-refractivity contribution in [1.29, 1.82) is 0 Å². The molecule has 1 aromatic heterocycles. The maximum Gasteiger partial charge on any atom is 0.261 e. The number of benzene rings is 2. The van der Waals surface area contributed by atoms with E-state index in [1.807, 2.05) is 28.8 Å². The molecule has 0 saturated heterocycles. The van der Waals surface area contributed by atoms with E-state index >= 15 is 0 Å². The smallest absolute Gasteiger partial charge is 0.261 e. The number of hydrogen-bond donors (Lipinski definition) is 1. The van der Waals surface area contributed by atoms with Crippen LogP contribution in [-0.4, -0.2) is 43.9 Å². The fourth-order valence-corrected chi connectivity index (χ4v) is 4.00. The molecule has 2 aromatic carbocycles. The van der Waals surface area contributed by atoms with E-state index in [2.05, 4.69) is 15.5 Å². The van der Waals surface area contributed by atoms with E-state index in [1.54, 1.807) is 18.5 Å². The van der Waals surface area contributed by atoms with E-state index in [0.717, 1.165) is 24.1 Å². The summed E-state index contributed by atoms with van der Waals surface area (Å²) in [6.07, 6.45) is 4.56. The van der Waals surface area contributed by atoms with Crippen LogP contribution in [0.1, 0.15) is 58.3 Å². The molecule has 8 heteroatoms. The number of carbonyl (C=O) groups excluding carboxylic acids is 3. The van der Waals surface area contributed by atoms with Gasteiger partial charge in [-0.15, -0.1) is 10.2 Å². The van der Waals surface area contributed by atoms with Gasteiger partial charge in [0.15, 0.2) is 5.82 Å². The number of hydrogen-bond acceptors (Lipinski definition) is 5. The van der Waals surface area contributed by atoms with Crippen LogP contribution in [0.3, 0.4) is 0 Å². The van der Waals surface area contributed by atoms with E-state index < -0.39 is 0 Å². The van der Waals surface area contributed by atoms with Gasteiger partial charge >= 0.3 is 0 Å². The Morgan fingerprint density at radius 1 is 1.07 bits per heavy atom. The third-order valence-corrected chi connectivity index (χ3v) is 5.67. The van der Waals surface area contributed by atoms with E-state index in [-0.39, 0.29) is 30.7 Å². The van der Waals surface area contributed by atoms with Gasteiger partial charge in [0.2, 0.25) is 5.91 Å². The standard InChI is InChI=1S/C22H21N5O3/c28-19(23-12-18-25-24-13-27(18)15-9-10-15)8-3-11-26-21(29)16-6-1-4-14-5-2-7-17(20(14)16)22(26)30/h1-2,4-7,13,15H,3,8-12H2,(H,23,28). The Balaban J connectivity index is 1.19. The van der Waals surface area contributed by atoms with Crippen LogP contribution in [0, 0.1) is 0 Å². The molecule has 1 aliphatic carbocycles. The highest BCUT2D eigenvalue weighted by Gasteiger charge is 2.32. The van der Waals surface area contributed by atoms with Gasteiger partial charge < -0.3 is 9.88 Å². The van der Waals surface area contributed by atoms with E-state index in [0.29, 0.717) is 35.5 Å². The van der Waals surface area contributed by atoms with Crippen molar-refractivity contribution in [1.82, 2.24) is 25.0 Å². The van der Waals surface area contributed by atoms with Gasteiger partial charge in [-0.25, -0.2) is 0 Å². The quantitative estimate of drug-likeness (QED) is 0.611.